The second kappa shape index (κ2) is 11.3. The number of benzene rings is 6. The van der Waals surface area contributed by atoms with Crippen LogP contribution in [0, 0.1) is 6.57 Å². The Hall–Kier alpha value is -6.58. The van der Waals surface area contributed by atoms with E-state index in [1.807, 2.05) is 60.7 Å². The van der Waals surface area contributed by atoms with E-state index in [9.17, 15) is 0 Å². The Morgan fingerprint density at radius 2 is 1.08 bits per heavy atom. The van der Waals surface area contributed by atoms with E-state index in [2.05, 4.69) is 114 Å². The molecule has 0 aliphatic carbocycles. The Kier molecular flexibility index (Phi) is 6.65. The van der Waals surface area contributed by atoms with Crippen LogP contribution in [0.25, 0.3) is 82.9 Å². The van der Waals surface area contributed by atoms with Crippen molar-refractivity contribution in [1.29, 1.82) is 0 Å². The van der Waals surface area contributed by atoms with Crippen LogP contribution in [0.2, 0.25) is 0 Å². The van der Waals surface area contributed by atoms with Crippen LogP contribution in [0.5, 0.6) is 0 Å². The quantitative estimate of drug-likeness (QED) is 0.179. The fraction of sp³-hybridized carbons (Fsp3) is 0.0909. The summed E-state index contributed by atoms with van der Waals surface area (Å²) in [5.74, 6) is 1.57. The molecule has 6 nitrogen and oxygen atoms in total. The highest BCUT2D eigenvalue weighted by Crippen LogP contribution is 2.39. The van der Waals surface area contributed by atoms with Crippen molar-refractivity contribution in [1.82, 2.24) is 24.1 Å². The summed E-state index contributed by atoms with van der Waals surface area (Å²) in [5, 5.41) is 4.60. The van der Waals surface area contributed by atoms with Crippen LogP contribution in [-0.4, -0.2) is 24.1 Å². The highest BCUT2D eigenvalue weighted by molar-refractivity contribution is 6.10. The van der Waals surface area contributed by atoms with Crippen molar-refractivity contribution in [3.05, 3.63) is 157 Å². The van der Waals surface area contributed by atoms with Gasteiger partial charge < -0.3 is 4.57 Å². The molecule has 0 radical (unpaired) electrons. The van der Waals surface area contributed by atoms with Crippen LogP contribution in [0.1, 0.15) is 26.3 Å². The molecule has 0 spiro atoms. The van der Waals surface area contributed by atoms with Crippen LogP contribution >= 0.6 is 0 Å². The Morgan fingerprint density at radius 1 is 0.520 bits per heavy atom. The number of para-hydroxylation sites is 3. The lowest BCUT2D eigenvalue weighted by atomic mass is 9.86. The van der Waals surface area contributed by atoms with E-state index < -0.39 is 0 Å². The van der Waals surface area contributed by atoms with Crippen molar-refractivity contribution in [3.8, 4) is 34.4 Å². The largest absolute Gasteiger partial charge is 0.309 e. The molecule has 0 saturated heterocycles. The third-order valence-corrected chi connectivity index (χ3v) is 9.57. The predicted octanol–water partition coefficient (Wildman–Crippen LogP) is 11.2. The van der Waals surface area contributed by atoms with Crippen LogP contribution in [0.4, 0.5) is 5.69 Å². The number of rotatable bonds is 4. The van der Waals surface area contributed by atoms with Crippen molar-refractivity contribution in [2.75, 3.05) is 0 Å². The summed E-state index contributed by atoms with van der Waals surface area (Å²) in [5.41, 5.74) is 8.50. The number of fused-ring (bicyclic) bond motifs is 6. The summed E-state index contributed by atoms with van der Waals surface area (Å²) in [6.45, 7) is 14.7. The zero-order valence-corrected chi connectivity index (χ0v) is 28.0. The lowest BCUT2D eigenvalue weighted by molar-refractivity contribution is 0.591. The van der Waals surface area contributed by atoms with E-state index in [1.165, 1.54) is 16.3 Å². The Bertz CT molecular complexity index is 2760. The van der Waals surface area contributed by atoms with Gasteiger partial charge in [-0.25, -0.2) is 9.83 Å². The average Bonchev–Trinajstić information content (AvgIpc) is 3.67. The normalized spacial score (nSPS) is 11.9. The topological polar surface area (TPSA) is 52.9 Å². The third-order valence-electron chi connectivity index (χ3n) is 9.57. The Morgan fingerprint density at radius 3 is 1.72 bits per heavy atom. The minimum absolute atomic E-state index is 0.00175. The molecule has 0 unspecified atom stereocenters. The van der Waals surface area contributed by atoms with Crippen molar-refractivity contribution in [2.24, 2.45) is 0 Å². The van der Waals surface area contributed by atoms with Gasteiger partial charge in [-0.05, 0) is 53.4 Å². The third kappa shape index (κ3) is 4.67. The number of aromatic nitrogens is 5. The molecule has 0 amide bonds. The van der Waals surface area contributed by atoms with E-state index in [1.54, 1.807) is 0 Å². The molecule has 9 rings (SSSR count). The molecule has 0 bridgehead atoms. The van der Waals surface area contributed by atoms with Gasteiger partial charge in [-0.3, -0.25) is 4.57 Å². The van der Waals surface area contributed by atoms with Crippen molar-refractivity contribution >= 4 is 49.3 Å². The maximum atomic E-state index is 7.97. The molecular weight excluding hydrogens is 613 g/mol. The molecule has 6 heteroatoms. The number of hydrogen-bond acceptors (Lipinski definition) is 3. The highest BCUT2D eigenvalue weighted by atomic mass is 15.2. The van der Waals surface area contributed by atoms with Gasteiger partial charge in [-0.2, -0.15) is 9.97 Å². The molecular formula is C44H32N6. The van der Waals surface area contributed by atoms with E-state index in [-0.39, 0.29) is 5.41 Å². The fourth-order valence-electron chi connectivity index (χ4n) is 7.11. The van der Waals surface area contributed by atoms with Gasteiger partial charge in [0.1, 0.15) is 0 Å². The van der Waals surface area contributed by atoms with Crippen molar-refractivity contribution in [3.63, 3.8) is 0 Å². The first kappa shape index (κ1) is 29.6. The molecule has 0 saturated carbocycles. The van der Waals surface area contributed by atoms with Gasteiger partial charge >= 0.3 is 0 Å². The highest BCUT2D eigenvalue weighted by Gasteiger charge is 2.23. The summed E-state index contributed by atoms with van der Waals surface area (Å²) in [6.07, 6.45) is 0. The van der Waals surface area contributed by atoms with Gasteiger partial charge in [0, 0.05) is 32.7 Å². The molecule has 50 heavy (non-hydrogen) atoms. The summed E-state index contributed by atoms with van der Waals surface area (Å²) in [4.78, 5) is 19.3. The maximum Gasteiger partial charge on any atom is 0.238 e. The van der Waals surface area contributed by atoms with Crippen LogP contribution in [0.15, 0.2) is 140 Å². The Labute approximate surface area is 289 Å². The van der Waals surface area contributed by atoms with Gasteiger partial charge in [0.2, 0.25) is 5.95 Å². The molecule has 9 aromatic rings. The summed E-state index contributed by atoms with van der Waals surface area (Å²) < 4.78 is 4.40. The molecule has 6 aromatic carbocycles. The van der Waals surface area contributed by atoms with Gasteiger partial charge in [0.15, 0.2) is 17.3 Å². The summed E-state index contributed by atoms with van der Waals surface area (Å²) in [6, 6.07) is 47.8. The van der Waals surface area contributed by atoms with Crippen LogP contribution in [-0.2, 0) is 5.41 Å². The Balaban J connectivity index is 1.37. The smallest absolute Gasteiger partial charge is 0.238 e. The molecule has 0 atom stereocenters. The van der Waals surface area contributed by atoms with Crippen molar-refractivity contribution < 1.29 is 0 Å². The first-order chi connectivity index (χ1) is 24.4. The maximum absolute atomic E-state index is 7.97. The van der Waals surface area contributed by atoms with Crippen LogP contribution in [0.3, 0.4) is 0 Å². The molecule has 0 fully saturated rings. The average molecular weight is 645 g/mol. The SMILES string of the molecule is [C-]#[N+]c1ccc(-n2c3ccccc3c3cc(C(C)(C)C)ccc32)c(-c2nc(-c3ccccc3)nc(-n3c4ccccc4c4ccccc43)n2)c1. The minimum Gasteiger partial charge on any atom is -0.309 e. The minimum atomic E-state index is 0.00175. The van der Waals surface area contributed by atoms with Gasteiger partial charge in [0.05, 0.1) is 34.3 Å². The van der Waals surface area contributed by atoms with E-state index in [0.717, 1.165) is 49.7 Å². The van der Waals surface area contributed by atoms with E-state index in [4.69, 9.17) is 21.5 Å². The molecule has 238 valence electrons. The molecule has 0 aliphatic heterocycles. The summed E-state index contributed by atoms with van der Waals surface area (Å²) in [7, 11) is 0. The first-order valence-corrected chi connectivity index (χ1v) is 16.7. The standard InChI is InChI=1S/C44H32N6/c1-44(2,3)29-22-24-39-34(26-29)33-18-10-11-19-36(33)49(39)40-25-23-30(45-4)27-35(40)42-46-41(28-14-6-5-7-15-28)47-43(48-42)50-37-20-12-8-16-31(37)32-17-9-13-21-38(32)50/h5-27H,1-3H3. The molecule has 3 aromatic heterocycles. The van der Waals surface area contributed by atoms with Gasteiger partial charge in [-0.15, -0.1) is 0 Å². The molecule has 3 heterocycles. The number of hydrogen-bond donors (Lipinski definition) is 0. The fourth-order valence-corrected chi connectivity index (χ4v) is 7.11. The monoisotopic (exact) mass is 644 g/mol. The van der Waals surface area contributed by atoms with Gasteiger partial charge in [0.25, 0.3) is 0 Å². The first-order valence-electron chi connectivity index (χ1n) is 16.7. The second-order valence-corrected chi connectivity index (χ2v) is 13.7. The van der Waals surface area contributed by atoms with Crippen molar-refractivity contribution in [2.45, 2.75) is 26.2 Å². The van der Waals surface area contributed by atoms with Gasteiger partial charge in [-0.1, -0.05) is 118 Å². The van der Waals surface area contributed by atoms with E-state index >= 15 is 0 Å². The molecule has 0 aliphatic rings. The number of nitrogens with zero attached hydrogens (tertiary/aromatic N) is 6. The predicted molar refractivity (Wildman–Crippen MR) is 204 cm³/mol. The zero-order chi connectivity index (χ0) is 34.0. The summed E-state index contributed by atoms with van der Waals surface area (Å²) >= 11 is 0. The lowest BCUT2D eigenvalue weighted by Crippen LogP contribution is -2.10. The lowest BCUT2D eigenvalue weighted by Gasteiger charge is -2.19. The molecule has 0 N–H and O–H groups in total. The van der Waals surface area contributed by atoms with Crippen LogP contribution < -0.4 is 0 Å². The zero-order valence-electron chi connectivity index (χ0n) is 28.0. The second-order valence-electron chi connectivity index (χ2n) is 13.7. The van der Waals surface area contributed by atoms with E-state index in [0.29, 0.717) is 23.3 Å².